The first-order chi connectivity index (χ1) is 15.3. The highest BCUT2D eigenvalue weighted by Crippen LogP contribution is 2.28. The summed E-state index contributed by atoms with van der Waals surface area (Å²) in [6.45, 7) is 5.18. The number of hydrogen-bond donors (Lipinski definition) is 1. The van der Waals surface area contributed by atoms with Crippen molar-refractivity contribution in [3.8, 4) is 0 Å². The van der Waals surface area contributed by atoms with Gasteiger partial charge in [-0.25, -0.2) is 16.8 Å². The number of nitrogens with zero attached hydrogens (tertiary/aromatic N) is 1. The SMILES string of the molecule is Cc1ccc(S(=O)(=O)[C@H]2CS(=O)(=O)C[C@@H]2NCC(c2ccccc2)N2CCOCC2)cc1. The Labute approximate surface area is 190 Å². The lowest BCUT2D eigenvalue weighted by molar-refractivity contribution is 0.0158. The summed E-state index contributed by atoms with van der Waals surface area (Å²) in [6, 6.07) is 16.0. The molecule has 3 atom stereocenters. The Hall–Kier alpha value is -1.78. The molecule has 2 saturated heterocycles. The summed E-state index contributed by atoms with van der Waals surface area (Å²) in [7, 11) is -7.24. The van der Waals surface area contributed by atoms with Gasteiger partial charge < -0.3 is 10.1 Å². The highest BCUT2D eigenvalue weighted by molar-refractivity contribution is 7.96. The van der Waals surface area contributed by atoms with Crippen molar-refractivity contribution in [2.45, 2.75) is 29.2 Å². The fourth-order valence-electron chi connectivity index (χ4n) is 4.50. The number of aryl methyl sites for hydroxylation is 1. The number of nitrogens with one attached hydrogen (secondary N) is 1. The zero-order valence-corrected chi connectivity index (χ0v) is 19.8. The van der Waals surface area contributed by atoms with Gasteiger partial charge in [0.1, 0.15) is 0 Å². The average Bonchev–Trinajstić information content (AvgIpc) is 3.11. The van der Waals surface area contributed by atoms with Crippen molar-refractivity contribution in [1.29, 1.82) is 0 Å². The summed E-state index contributed by atoms with van der Waals surface area (Å²) in [6.07, 6.45) is 0. The molecule has 0 spiro atoms. The fraction of sp³-hybridized carbons (Fsp3) is 0.478. The van der Waals surface area contributed by atoms with Crippen LogP contribution in [-0.4, -0.2) is 77.4 Å². The van der Waals surface area contributed by atoms with E-state index in [2.05, 4.69) is 10.2 Å². The monoisotopic (exact) mass is 478 g/mol. The van der Waals surface area contributed by atoms with Crippen LogP contribution in [-0.2, 0) is 24.4 Å². The van der Waals surface area contributed by atoms with Crippen molar-refractivity contribution >= 4 is 19.7 Å². The van der Waals surface area contributed by atoms with Crippen LogP contribution in [0.25, 0.3) is 0 Å². The van der Waals surface area contributed by atoms with Gasteiger partial charge in [0, 0.05) is 31.7 Å². The molecule has 2 fully saturated rings. The third-order valence-electron chi connectivity index (χ3n) is 6.29. The topological polar surface area (TPSA) is 92.8 Å². The van der Waals surface area contributed by atoms with Crippen LogP contribution in [0.15, 0.2) is 59.5 Å². The average molecular weight is 479 g/mol. The van der Waals surface area contributed by atoms with Crippen molar-refractivity contribution < 1.29 is 21.6 Å². The van der Waals surface area contributed by atoms with Gasteiger partial charge in [-0.15, -0.1) is 0 Å². The van der Waals surface area contributed by atoms with Crippen LogP contribution in [0.4, 0.5) is 0 Å². The van der Waals surface area contributed by atoms with Crippen molar-refractivity contribution in [2.24, 2.45) is 0 Å². The molecule has 0 bridgehead atoms. The maximum absolute atomic E-state index is 13.3. The van der Waals surface area contributed by atoms with Crippen LogP contribution in [0.3, 0.4) is 0 Å². The van der Waals surface area contributed by atoms with E-state index in [4.69, 9.17) is 4.74 Å². The highest BCUT2D eigenvalue weighted by Gasteiger charge is 2.46. The maximum atomic E-state index is 13.3. The van der Waals surface area contributed by atoms with E-state index in [1.807, 2.05) is 37.3 Å². The molecule has 174 valence electrons. The van der Waals surface area contributed by atoms with Gasteiger partial charge in [0.2, 0.25) is 0 Å². The van der Waals surface area contributed by atoms with Crippen LogP contribution in [0.1, 0.15) is 17.2 Å². The molecular formula is C23H30N2O5S2. The maximum Gasteiger partial charge on any atom is 0.183 e. The zero-order valence-electron chi connectivity index (χ0n) is 18.2. The van der Waals surface area contributed by atoms with Crippen molar-refractivity contribution in [1.82, 2.24) is 10.2 Å². The van der Waals surface area contributed by atoms with Crippen LogP contribution in [0, 0.1) is 6.92 Å². The van der Waals surface area contributed by atoms with Gasteiger partial charge in [0.05, 0.1) is 34.9 Å². The predicted octanol–water partition coefficient (Wildman–Crippen LogP) is 1.60. The van der Waals surface area contributed by atoms with Crippen molar-refractivity contribution in [2.75, 3.05) is 44.4 Å². The first kappa shape index (κ1) is 23.4. The van der Waals surface area contributed by atoms with Crippen LogP contribution in [0.2, 0.25) is 0 Å². The molecule has 0 aromatic heterocycles. The largest absolute Gasteiger partial charge is 0.379 e. The van der Waals surface area contributed by atoms with E-state index in [-0.39, 0.29) is 22.4 Å². The molecule has 2 aliphatic heterocycles. The minimum Gasteiger partial charge on any atom is -0.379 e. The molecule has 0 amide bonds. The predicted molar refractivity (Wildman–Crippen MR) is 124 cm³/mol. The first-order valence-electron chi connectivity index (χ1n) is 10.9. The van der Waals surface area contributed by atoms with Crippen LogP contribution in [0.5, 0.6) is 0 Å². The summed E-state index contributed by atoms with van der Waals surface area (Å²) in [5, 5.41) is 2.33. The van der Waals surface area contributed by atoms with Gasteiger partial charge >= 0.3 is 0 Å². The molecule has 1 N–H and O–H groups in total. The van der Waals surface area contributed by atoms with E-state index in [9.17, 15) is 16.8 Å². The fourth-order valence-corrected chi connectivity index (χ4v) is 9.22. The number of ether oxygens (including phenoxy) is 1. The quantitative estimate of drug-likeness (QED) is 0.646. The Bertz CT molecular complexity index is 1110. The van der Waals surface area contributed by atoms with Gasteiger partial charge in [-0.1, -0.05) is 48.0 Å². The van der Waals surface area contributed by atoms with E-state index in [0.717, 1.165) is 24.2 Å². The third kappa shape index (κ3) is 5.23. The van der Waals surface area contributed by atoms with E-state index >= 15 is 0 Å². The molecule has 2 aliphatic rings. The van der Waals surface area contributed by atoms with Gasteiger partial charge in [0.25, 0.3) is 0 Å². The molecule has 0 saturated carbocycles. The summed E-state index contributed by atoms with van der Waals surface area (Å²) in [4.78, 5) is 2.48. The lowest BCUT2D eigenvalue weighted by atomic mass is 10.0. The van der Waals surface area contributed by atoms with Gasteiger partial charge in [-0.3, -0.25) is 4.90 Å². The van der Waals surface area contributed by atoms with Crippen molar-refractivity contribution in [3.63, 3.8) is 0 Å². The van der Waals surface area contributed by atoms with E-state index in [1.165, 1.54) is 0 Å². The smallest absolute Gasteiger partial charge is 0.183 e. The van der Waals surface area contributed by atoms with Crippen LogP contribution < -0.4 is 5.32 Å². The minimum atomic E-state index is -3.79. The summed E-state index contributed by atoms with van der Waals surface area (Å²) in [5.41, 5.74) is 2.06. The second-order valence-corrected chi connectivity index (χ2v) is 12.9. The number of benzene rings is 2. The number of hydrogen-bond acceptors (Lipinski definition) is 7. The second kappa shape index (κ2) is 9.61. The van der Waals surface area contributed by atoms with Gasteiger partial charge in [-0.2, -0.15) is 0 Å². The minimum absolute atomic E-state index is 0.00568. The summed E-state index contributed by atoms with van der Waals surface area (Å²) in [5.74, 6) is -0.526. The summed E-state index contributed by atoms with van der Waals surface area (Å²) < 4.78 is 57.1. The number of rotatable bonds is 7. The molecule has 4 rings (SSSR count). The second-order valence-electron chi connectivity index (χ2n) is 8.56. The molecule has 32 heavy (non-hydrogen) atoms. The number of morpholine rings is 1. The molecule has 2 heterocycles. The van der Waals surface area contributed by atoms with Gasteiger partial charge in [0.15, 0.2) is 19.7 Å². The standard InChI is InChI=1S/C23H30N2O5S2/c1-18-7-9-20(10-8-18)32(28,29)23-17-31(26,27)16-21(23)24-15-22(19-5-3-2-4-6-19)25-11-13-30-14-12-25/h2-10,21-24H,11-17H2,1H3/t21-,22?,23-/m0/s1. The molecule has 1 unspecified atom stereocenters. The lowest BCUT2D eigenvalue weighted by Crippen LogP contribution is -2.48. The van der Waals surface area contributed by atoms with Crippen molar-refractivity contribution in [3.05, 3.63) is 65.7 Å². The Balaban J connectivity index is 1.57. The summed E-state index contributed by atoms with van der Waals surface area (Å²) >= 11 is 0. The van der Waals surface area contributed by atoms with E-state index in [1.54, 1.807) is 24.3 Å². The molecule has 7 nitrogen and oxygen atoms in total. The van der Waals surface area contributed by atoms with E-state index in [0.29, 0.717) is 19.8 Å². The molecule has 2 aromatic rings. The third-order valence-corrected chi connectivity index (χ3v) is 10.5. The molecular weight excluding hydrogens is 448 g/mol. The lowest BCUT2D eigenvalue weighted by Gasteiger charge is -2.36. The Morgan fingerprint density at radius 3 is 2.34 bits per heavy atom. The molecule has 0 aliphatic carbocycles. The number of sulfone groups is 2. The molecule has 2 aromatic carbocycles. The molecule has 9 heteroatoms. The Kier molecular flexibility index (Phi) is 7.02. The highest BCUT2D eigenvalue weighted by atomic mass is 32.2. The Morgan fingerprint density at radius 2 is 1.69 bits per heavy atom. The first-order valence-corrected chi connectivity index (χ1v) is 14.2. The van der Waals surface area contributed by atoms with E-state index < -0.39 is 31.0 Å². The van der Waals surface area contributed by atoms with Crippen LogP contribution >= 0.6 is 0 Å². The Morgan fingerprint density at radius 1 is 1.03 bits per heavy atom. The zero-order chi connectivity index (χ0) is 22.8. The normalized spacial score (nSPS) is 24.9. The molecule has 0 radical (unpaired) electrons. The van der Waals surface area contributed by atoms with Gasteiger partial charge in [-0.05, 0) is 24.6 Å².